The van der Waals surface area contributed by atoms with Gasteiger partial charge in [-0.25, -0.2) is 0 Å². The molecule has 0 heteroatoms. The Morgan fingerprint density at radius 1 is 1.00 bits per heavy atom. The van der Waals surface area contributed by atoms with Crippen molar-refractivity contribution in [3.8, 4) is 0 Å². The van der Waals surface area contributed by atoms with E-state index in [1.54, 1.807) is 0 Å². The maximum Gasteiger partial charge on any atom is -0.0136 e. The Kier molecular flexibility index (Phi) is 3.04. The summed E-state index contributed by atoms with van der Waals surface area (Å²) in [5.74, 6) is 0.615. The molecule has 0 aliphatic heterocycles. The summed E-state index contributed by atoms with van der Waals surface area (Å²) in [5.41, 5.74) is 4.72. The predicted octanol–water partition coefficient (Wildman–Crippen LogP) is 4.45. The Balaban J connectivity index is 3.19. The maximum absolute atomic E-state index is 2.33. The molecular weight excluding hydrogens is 168 g/mol. The third-order valence-electron chi connectivity index (χ3n) is 3.27. The van der Waals surface area contributed by atoms with Crippen molar-refractivity contribution in [2.24, 2.45) is 5.41 Å². The second-order valence-electron chi connectivity index (χ2n) is 5.39. The zero-order chi connectivity index (χ0) is 10.9. The molecule has 0 saturated carbocycles. The lowest BCUT2D eigenvalue weighted by Gasteiger charge is -2.30. The first-order chi connectivity index (χ1) is 6.34. The second kappa shape index (κ2) is 3.76. The average molecular weight is 190 g/mol. The lowest BCUT2D eigenvalue weighted by atomic mass is 9.75. The first kappa shape index (κ1) is 11.3. The van der Waals surface area contributed by atoms with E-state index in [2.05, 4.69) is 59.7 Å². The van der Waals surface area contributed by atoms with Crippen molar-refractivity contribution in [1.29, 1.82) is 0 Å². The van der Waals surface area contributed by atoms with E-state index in [0.717, 1.165) is 0 Å². The highest BCUT2D eigenvalue weighted by Crippen LogP contribution is 2.37. The van der Waals surface area contributed by atoms with Crippen LogP contribution in [0.4, 0.5) is 0 Å². The fraction of sp³-hybridized carbons (Fsp3) is 0.571. The summed E-state index contributed by atoms with van der Waals surface area (Å²) in [7, 11) is 0. The minimum Gasteiger partial charge on any atom is -0.0617 e. The van der Waals surface area contributed by atoms with Gasteiger partial charge < -0.3 is 0 Å². The SMILES string of the molecule is Cc1cccc(C)c1C(C)C(C)(C)C. The van der Waals surface area contributed by atoms with Gasteiger partial charge in [0.15, 0.2) is 0 Å². The van der Waals surface area contributed by atoms with E-state index in [1.807, 2.05) is 0 Å². The molecule has 0 spiro atoms. The molecule has 0 bridgehead atoms. The van der Waals surface area contributed by atoms with Gasteiger partial charge in [-0.3, -0.25) is 0 Å². The lowest BCUT2D eigenvalue weighted by Crippen LogP contribution is -2.17. The Morgan fingerprint density at radius 3 is 1.79 bits per heavy atom. The molecular formula is C14H22. The first-order valence-electron chi connectivity index (χ1n) is 5.40. The number of benzene rings is 1. The summed E-state index contributed by atoms with van der Waals surface area (Å²) in [6, 6.07) is 6.57. The molecule has 1 aromatic rings. The van der Waals surface area contributed by atoms with Gasteiger partial charge in [-0.2, -0.15) is 0 Å². The van der Waals surface area contributed by atoms with Crippen LogP contribution in [0.3, 0.4) is 0 Å². The highest BCUT2D eigenvalue weighted by atomic mass is 14.3. The molecule has 1 unspecified atom stereocenters. The first-order valence-corrected chi connectivity index (χ1v) is 5.40. The minimum atomic E-state index is 0.344. The summed E-state index contributed by atoms with van der Waals surface area (Å²) in [5, 5.41) is 0. The standard InChI is InChI=1S/C14H22/c1-10-8-7-9-11(2)13(10)12(3)14(4,5)6/h7-9,12H,1-6H3. The van der Waals surface area contributed by atoms with Crippen LogP contribution >= 0.6 is 0 Å². The monoisotopic (exact) mass is 190 g/mol. The van der Waals surface area contributed by atoms with Gasteiger partial charge in [-0.05, 0) is 41.9 Å². The van der Waals surface area contributed by atoms with Gasteiger partial charge in [-0.15, -0.1) is 0 Å². The second-order valence-corrected chi connectivity index (χ2v) is 5.39. The Hall–Kier alpha value is -0.780. The van der Waals surface area contributed by atoms with Crippen LogP contribution in [-0.2, 0) is 0 Å². The third kappa shape index (κ3) is 2.17. The predicted molar refractivity (Wildman–Crippen MR) is 63.8 cm³/mol. The summed E-state index contributed by atoms with van der Waals surface area (Å²) >= 11 is 0. The number of hydrogen-bond acceptors (Lipinski definition) is 0. The molecule has 0 fully saturated rings. The lowest BCUT2D eigenvalue weighted by molar-refractivity contribution is 0.337. The molecule has 0 aliphatic carbocycles. The average Bonchev–Trinajstić information content (AvgIpc) is 2.01. The quantitative estimate of drug-likeness (QED) is 0.613. The smallest absolute Gasteiger partial charge is 0.0136 e. The topological polar surface area (TPSA) is 0 Å². The van der Waals surface area contributed by atoms with E-state index >= 15 is 0 Å². The van der Waals surface area contributed by atoms with Crippen molar-refractivity contribution in [3.63, 3.8) is 0 Å². The summed E-state index contributed by atoms with van der Waals surface area (Å²) in [6.07, 6.45) is 0. The van der Waals surface area contributed by atoms with Crippen molar-refractivity contribution in [2.45, 2.75) is 47.5 Å². The van der Waals surface area contributed by atoms with Gasteiger partial charge in [0.2, 0.25) is 0 Å². The van der Waals surface area contributed by atoms with Crippen LogP contribution in [-0.4, -0.2) is 0 Å². The fourth-order valence-electron chi connectivity index (χ4n) is 1.94. The van der Waals surface area contributed by atoms with Crippen molar-refractivity contribution >= 4 is 0 Å². The van der Waals surface area contributed by atoms with Crippen LogP contribution in [0.25, 0.3) is 0 Å². The zero-order valence-corrected chi connectivity index (χ0v) is 10.3. The van der Waals surface area contributed by atoms with Gasteiger partial charge in [-0.1, -0.05) is 45.9 Å². The Bertz CT molecular complexity index is 295. The zero-order valence-electron chi connectivity index (χ0n) is 10.3. The van der Waals surface area contributed by atoms with E-state index in [-0.39, 0.29) is 0 Å². The van der Waals surface area contributed by atoms with Crippen molar-refractivity contribution < 1.29 is 0 Å². The van der Waals surface area contributed by atoms with Crippen LogP contribution < -0.4 is 0 Å². The van der Waals surface area contributed by atoms with Gasteiger partial charge >= 0.3 is 0 Å². The molecule has 0 radical (unpaired) electrons. The summed E-state index contributed by atoms with van der Waals surface area (Å²) in [6.45, 7) is 13.7. The molecule has 0 N–H and O–H groups in total. The maximum atomic E-state index is 2.33. The van der Waals surface area contributed by atoms with Crippen LogP contribution in [0.15, 0.2) is 18.2 Å². The van der Waals surface area contributed by atoms with E-state index in [9.17, 15) is 0 Å². The normalized spacial score (nSPS) is 14.1. The van der Waals surface area contributed by atoms with E-state index in [1.165, 1.54) is 16.7 Å². The molecule has 78 valence electrons. The van der Waals surface area contributed by atoms with Gasteiger partial charge in [0.25, 0.3) is 0 Å². The van der Waals surface area contributed by atoms with Crippen LogP contribution in [0.5, 0.6) is 0 Å². The van der Waals surface area contributed by atoms with Gasteiger partial charge in [0.05, 0.1) is 0 Å². The van der Waals surface area contributed by atoms with Gasteiger partial charge in [0.1, 0.15) is 0 Å². The molecule has 1 rings (SSSR count). The Morgan fingerprint density at radius 2 is 1.43 bits per heavy atom. The molecule has 0 saturated heterocycles. The van der Waals surface area contributed by atoms with Crippen LogP contribution in [0, 0.1) is 19.3 Å². The number of aryl methyl sites for hydroxylation is 2. The molecule has 1 aromatic carbocycles. The molecule has 0 heterocycles. The minimum absolute atomic E-state index is 0.344. The van der Waals surface area contributed by atoms with E-state index in [4.69, 9.17) is 0 Å². The third-order valence-corrected chi connectivity index (χ3v) is 3.27. The molecule has 0 aliphatic rings. The van der Waals surface area contributed by atoms with Crippen LogP contribution in [0.2, 0.25) is 0 Å². The largest absolute Gasteiger partial charge is 0.0617 e. The number of hydrogen-bond donors (Lipinski definition) is 0. The highest BCUT2D eigenvalue weighted by molar-refractivity contribution is 5.37. The van der Waals surface area contributed by atoms with Crippen molar-refractivity contribution in [2.75, 3.05) is 0 Å². The van der Waals surface area contributed by atoms with E-state index < -0.39 is 0 Å². The van der Waals surface area contributed by atoms with Crippen molar-refractivity contribution in [1.82, 2.24) is 0 Å². The Labute approximate surface area is 88.4 Å². The molecule has 0 nitrogen and oxygen atoms in total. The molecule has 14 heavy (non-hydrogen) atoms. The summed E-state index contributed by atoms with van der Waals surface area (Å²) < 4.78 is 0. The summed E-state index contributed by atoms with van der Waals surface area (Å²) in [4.78, 5) is 0. The molecule has 1 atom stereocenters. The fourth-order valence-corrected chi connectivity index (χ4v) is 1.94. The van der Waals surface area contributed by atoms with E-state index in [0.29, 0.717) is 11.3 Å². The van der Waals surface area contributed by atoms with Gasteiger partial charge in [0, 0.05) is 0 Å². The van der Waals surface area contributed by atoms with Crippen molar-refractivity contribution in [3.05, 3.63) is 34.9 Å². The highest BCUT2D eigenvalue weighted by Gasteiger charge is 2.23. The van der Waals surface area contributed by atoms with Crippen LogP contribution in [0.1, 0.15) is 50.3 Å². The number of rotatable bonds is 1. The molecule has 0 aromatic heterocycles. The molecule has 0 amide bonds.